The topological polar surface area (TPSA) is 26.7 Å². The Labute approximate surface area is 106 Å². The van der Waals surface area contributed by atoms with E-state index in [1.165, 1.54) is 12.1 Å². The van der Waals surface area contributed by atoms with Crippen molar-refractivity contribution in [2.24, 2.45) is 0 Å². The van der Waals surface area contributed by atoms with Gasteiger partial charge in [-0.1, -0.05) is 12.1 Å². The van der Waals surface area contributed by atoms with Crippen molar-refractivity contribution in [3.05, 3.63) is 35.4 Å². The number of benzene rings is 1. The summed E-state index contributed by atoms with van der Waals surface area (Å²) in [6.07, 6.45) is -0.982. The number of hydrogen-bond acceptors (Lipinski definition) is 3. The second-order valence-corrected chi connectivity index (χ2v) is 4.76. The smallest absolute Gasteiger partial charge is 0.164 e. The van der Waals surface area contributed by atoms with Gasteiger partial charge in [0.25, 0.3) is 0 Å². The number of hydrogen-bond donors (Lipinski definition) is 1. The first kappa shape index (κ1) is 13.4. The van der Waals surface area contributed by atoms with Gasteiger partial charge in [-0.05, 0) is 13.1 Å². The van der Waals surface area contributed by atoms with Gasteiger partial charge in [0.1, 0.15) is 0 Å². The molecule has 1 unspecified atom stereocenters. The molecule has 1 saturated heterocycles. The Kier molecular flexibility index (Phi) is 4.27. The molecule has 1 aromatic rings. The molecular weight excluding hydrogens is 238 g/mol. The van der Waals surface area contributed by atoms with Crippen molar-refractivity contribution in [1.82, 2.24) is 9.80 Å². The average molecular weight is 256 g/mol. The number of aliphatic hydroxyl groups excluding tert-OH is 1. The van der Waals surface area contributed by atoms with Crippen molar-refractivity contribution in [3.63, 3.8) is 0 Å². The minimum atomic E-state index is -0.982. The summed E-state index contributed by atoms with van der Waals surface area (Å²) < 4.78 is 26.6. The first-order valence-corrected chi connectivity index (χ1v) is 6.11. The highest BCUT2D eigenvalue weighted by molar-refractivity contribution is 5.21. The van der Waals surface area contributed by atoms with Crippen LogP contribution >= 0.6 is 0 Å². The van der Waals surface area contributed by atoms with Gasteiger partial charge in [0.2, 0.25) is 0 Å². The van der Waals surface area contributed by atoms with Crippen molar-refractivity contribution in [2.45, 2.75) is 6.10 Å². The molecule has 1 heterocycles. The monoisotopic (exact) mass is 256 g/mol. The predicted molar refractivity (Wildman–Crippen MR) is 65.3 cm³/mol. The van der Waals surface area contributed by atoms with Crippen molar-refractivity contribution >= 4 is 0 Å². The first-order valence-electron chi connectivity index (χ1n) is 6.11. The lowest BCUT2D eigenvalue weighted by molar-refractivity contribution is 0.0782. The summed E-state index contributed by atoms with van der Waals surface area (Å²) in [5.74, 6) is -1.86. The summed E-state index contributed by atoms with van der Waals surface area (Å²) in [7, 11) is 2.04. The Bertz CT molecular complexity index is 406. The molecule has 1 aliphatic heterocycles. The largest absolute Gasteiger partial charge is 0.387 e. The molecule has 0 saturated carbocycles. The number of rotatable bonds is 3. The Hall–Kier alpha value is -1.04. The van der Waals surface area contributed by atoms with E-state index in [-0.39, 0.29) is 5.56 Å². The SMILES string of the molecule is CN1CCN(CC(O)c2cccc(F)c2F)CC1. The molecule has 5 heteroatoms. The van der Waals surface area contributed by atoms with Crippen LogP contribution in [0.1, 0.15) is 11.7 Å². The number of β-amino-alcohol motifs (C(OH)–C–C–N with tert-alkyl or cyclic N) is 1. The fourth-order valence-corrected chi connectivity index (χ4v) is 2.15. The summed E-state index contributed by atoms with van der Waals surface area (Å²) in [6, 6.07) is 3.90. The third-order valence-electron chi connectivity index (χ3n) is 3.37. The molecular formula is C13H18F2N2O. The van der Waals surface area contributed by atoms with Gasteiger partial charge in [-0.15, -0.1) is 0 Å². The summed E-state index contributed by atoms with van der Waals surface area (Å²) in [5, 5.41) is 9.98. The Balaban J connectivity index is 1.99. The Morgan fingerprint density at radius 1 is 1.22 bits per heavy atom. The van der Waals surface area contributed by atoms with E-state index in [4.69, 9.17) is 0 Å². The van der Waals surface area contributed by atoms with Gasteiger partial charge in [0.15, 0.2) is 11.6 Å². The zero-order valence-corrected chi connectivity index (χ0v) is 10.4. The summed E-state index contributed by atoms with van der Waals surface area (Å²) in [5.41, 5.74) is 0.0360. The van der Waals surface area contributed by atoms with Crippen LogP contribution in [0.15, 0.2) is 18.2 Å². The quantitative estimate of drug-likeness (QED) is 0.881. The zero-order valence-electron chi connectivity index (χ0n) is 10.4. The molecule has 2 rings (SSSR count). The summed E-state index contributed by atoms with van der Waals surface area (Å²) in [6.45, 7) is 3.87. The zero-order chi connectivity index (χ0) is 13.1. The van der Waals surface area contributed by atoms with Crippen LogP contribution in [0.4, 0.5) is 8.78 Å². The van der Waals surface area contributed by atoms with E-state index in [1.807, 2.05) is 7.05 Å². The van der Waals surface area contributed by atoms with Crippen LogP contribution in [0.2, 0.25) is 0 Å². The molecule has 1 N–H and O–H groups in total. The third-order valence-corrected chi connectivity index (χ3v) is 3.37. The first-order chi connectivity index (χ1) is 8.58. The highest BCUT2D eigenvalue weighted by Crippen LogP contribution is 2.20. The van der Waals surface area contributed by atoms with E-state index in [1.54, 1.807) is 0 Å². The maximum atomic E-state index is 13.5. The number of aliphatic hydroxyl groups is 1. The molecule has 1 aliphatic rings. The molecule has 0 spiro atoms. The van der Waals surface area contributed by atoms with Crippen molar-refractivity contribution in [1.29, 1.82) is 0 Å². The van der Waals surface area contributed by atoms with Crippen LogP contribution in [0, 0.1) is 11.6 Å². The fraction of sp³-hybridized carbons (Fsp3) is 0.538. The van der Waals surface area contributed by atoms with Gasteiger partial charge in [0, 0.05) is 38.3 Å². The molecule has 1 fully saturated rings. The summed E-state index contributed by atoms with van der Waals surface area (Å²) in [4.78, 5) is 4.26. The van der Waals surface area contributed by atoms with E-state index in [2.05, 4.69) is 9.80 Å². The van der Waals surface area contributed by atoms with Gasteiger partial charge in [-0.3, -0.25) is 4.90 Å². The molecule has 3 nitrogen and oxygen atoms in total. The number of halogens is 2. The fourth-order valence-electron chi connectivity index (χ4n) is 2.15. The standard InChI is InChI=1S/C13H18F2N2O/c1-16-5-7-17(8-6-16)9-12(18)10-3-2-4-11(14)13(10)15/h2-4,12,18H,5-9H2,1H3. The lowest BCUT2D eigenvalue weighted by atomic mass is 10.1. The van der Waals surface area contributed by atoms with Gasteiger partial charge >= 0.3 is 0 Å². The number of nitrogens with zero attached hydrogens (tertiary/aromatic N) is 2. The molecule has 18 heavy (non-hydrogen) atoms. The van der Waals surface area contributed by atoms with Crippen LogP contribution in [-0.2, 0) is 0 Å². The maximum absolute atomic E-state index is 13.5. The normalized spacial score (nSPS) is 20.0. The second-order valence-electron chi connectivity index (χ2n) is 4.76. The maximum Gasteiger partial charge on any atom is 0.164 e. The molecule has 0 radical (unpaired) electrons. The highest BCUT2D eigenvalue weighted by atomic mass is 19.2. The lowest BCUT2D eigenvalue weighted by Crippen LogP contribution is -2.45. The third kappa shape index (κ3) is 3.04. The molecule has 100 valence electrons. The van der Waals surface area contributed by atoms with E-state index in [0.717, 1.165) is 32.2 Å². The van der Waals surface area contributed by atoms with Crippen LogP contribution in [0.5, 0.6) is 0 Å². The van der Waals surface area contributed by atoms with E-state index in [9.17, 15) is 13.9 Å². The minimum Gasteiger partial charge on any atom is -0.387 e. The van der Waals surface area contributed by atoms with Crippen molar-refractivity contribution in [3.8, 4) is 0 Å². The number of likely N-dealkylation sites (N-methyl/N-ethyl adjacent to an activating group) is 1. The van der Waals surface area contributed by atoms with Crippen molar-refractivity contribution in [2.75, 3.05) is 39.8 Å². The van der Waals surface area contributed by atoms with E-state index in [0.29, 0.717) is 6.54 Å². The van der Waals surface area contributed by atoms with E-state index < -0.39 is 17.7 Å². The van der Waals surface area contributed by atoms with E-state index >= 15 is 0 Å². The van der Waals surface area contributed by atoms with Crippen LogP contribution in [0.25, 0.3) is 0 Å². The van der Waals surface area contributed by atoms with Crippen LogP contribution in [-0.4, -0.2) is 54.7 Å². The molecule has 0 amide bonds. The molecule has 1 aromatic carbocycles. The van der Waals surface area contributed by atoms with Gasteiger partial charge in [0.05, 0.1) is 6.10 Å². The molecule has 0 aliphatic carbocycles. The minimum absolute atomic E-state index is 0.0360. The number of piperazine rings is 1. The second kappa shape index (κ2) is 5.73. The van der Waals surface area contributed by atoms with Crippen LogP contribution in [0.3, 0.4) is 0 Å². The molecule has 0 aromatic heterocycles. The summed E-state index contributed by atoms with van der Waals surface area (Å²) >= 11 is 0. The van der Waals surface area contributed by atoms with Crippen LogP contribution < -0.4 is 0 Å². The van der Waals surface area contributed by atoms with Crippen molar-refractivity contribution < 1.29 is 13.9 Å². The highest BCUT2D eigenvalue weighted by Gasteiger charge is 2.21. The Morgan fingerprint density at radius 2 is 1.89 bits per heavy atom. The van der Waals surface area contributed by atoms with Gasteiger partial charge in [-0.2, -0.15) is 0 Å². The average Bonchev–Trinajstić information content (AvgIpc) is 2.35. The Morgan fingerprint density at radius 3 is 2.56 bits per heavy atom. The molecule has 0 bridgehead atoms. The van der Waals surface area contributed by atoms with Gasteiger partial charge in [-0.25, -0.2) is 8.78 Å². The van der Waals surface area contributed by atoms with Gasteiger partial charge < -0.3 is 10.0 Å². The predicted octanol–water partition coefficient (Wildman–Crippen LogP) is 1.25. The lowest BCUT2D eigenvalue weighted by Gasteiger charge is -2.33. The molecule has 1 atom stereocenters.